The summed E-state index contributed by atoms with van der Waals surface area (Å²) in [6.07, 6.45) is 2.48. The monoisotopic (exact) mass is 343 g/mol. The van der Waals surface area contributed by atoms with Crippen molar-refractivity contribution in [3.63, 3.8) is 0 Å². The van der Waals surface area contributed by atoms with Gasteiger partial charge >= 0.3 is 5.97 Å². The van der Waals surface area contributed by atoms with Crippen molar-refractivity contribution in [1.29, 1.82) is 0 Å². The Balaban J connectivity index is 2.08. The highest BCUT2D eigenvalue weighted by molar-refractivity contribution is 6.02. The number of esters is 1. The molecule has 2 aromatic heterocycles. The van der Waals surface area contributed by atoms with Gasteiger partial charge in [-0.2, -0.15) is 0 Å². The molecule has 3 rings (SSSR count). The lowest BCUT2D eigenvalue weighted by Crippen LogP contribution is -2.00. The van der Waals surface area contributed by atoms with E-state index in [1.165, 1.54) is 14.2 Å². The molecule has 0 N–H and O–H groups in total. The van der Waals surface area contributed by atoms with Crippen molar-refractivity contribution in [3.8, 4) is 11.5 Å². The summed E-state index contributed by atoms with van der Waals surface area (Å²) in [6.45, 7) is 0.331. The van der Waals surface area contributed by atoms with E-state index in [-0.39, 0.29) is 5.76 Å². The topological polar surface area (TPSA) is 79.9 Å². The van der Waals surface area contributed by atoms with Crippen molar-refractivity contribution >= 4 is 23.2 Å². The van der Waals surface area contributed by atoms with Crippen LogP contribution >= 0.6 is 0 Å². The first-order valence-electron chi connectivity index (χ1n) is 7.48. The summed E-state index contributed by atoms with van der Waals surface area (Å²) in [5, 5.41) is 0.693. The molecule has 130 valence electrons. The van der Waals surface area contributed by atoms with Crippen LogP contribution in [0.2, 0.25) is 0 Å². The van der Waals surface area contributed by atoms with Gasteiger partial charge in [-0.25, -0.2) is 4.79 Å². The van der Waals surface area contributed by atoms with Crippen LogP contribution in [-0.2, 0) is 11.3 Å². The fourth-order valence-corrected chi connectivity index (χ4v) is 2.73. The molecule has 0 saturated heterocycles. The van der Waals surface area contributed by atoms with Crippen LogP contribution < -0.4 is 9.47 Å². The second-order valence-corrected chi connectivity index (χ2v) is 5.31. The molecular weight excluding hydrogens is 326 g/mol. The molecule has 0 spiro atoms. The van der Waals surface area contributed by atoms with E-state index in [0.29, 0.717) is 34.8 Å². The Morgan fingerprint density at radius 3 is 2.64 bits per heavy atom. The van der Waals surface area contributed by atoms with Crippen LogP contribution in [-0.4, -0.2) is 38.2 Å². The molecule has 3 aromatic rings. The minimum Gasteiger partial charge on any atom is -0.497 e. The van der Waals surface area contributed by atoms with Crippen LogP contribution in [0.25, 0.3) is 10.9 Å². The standard InChI is InChI=1S/C18H17NO6/c1-22-13-6-14-17(16(7-13)23-2)11(10-20)8-19(14)9-12-4-5-15(25-12)18(21)24-3/h4-8,10H,9H2,1-3H3. The van der Waals surface area contributed by atoms with E-state index in [4.69, 9.17) is 13.9 Å². The summed E-state index contributed by atoms with van der Waals surface area (Å²) in [6, 6.07) is 6.78. The number of aldehydes is 1. The molecule has 0 amide bonds. The molecule has 0 atom stereocenters. The minimum atomic E-state index is -0.541. The first-order valence-corrected chi connectivity index (χ1v) is 7.48. The van der Waals surface area contributed by atoms with Crippen LogP contribution in [0.5, 0.6) is 11.5 Å². The number of rotatable bonds is 6. The van der Waals surface area contributed by atoms with Gasteiger partial charge in [0.05, 0.1) is 38.8 Å². The zero-order valence-corrected chi connectivity index (χ0v) is 14.1. The zero-order valence-electron chi connectivity index (χ0n) is 14.1. The molecule has 2 heterocycles. The number of carbonyl (C=O) groups is 2. The summed E-state index contributed by atoms with van der Waals surface area (Å²) in [4.78, 5) is 23.0. The second-order valence-electron chi connectivity index (χ2n) is 5.31. The maximum absolute atomic E-state index is 11.5. The lowest BCUT2D eigenvalue weighted by molar-refractivity contribution is 0.0563. The Morgan fingerprint density at radius 2 is 2.00 bits per heavy atom. The van der Waals surface area contributed by atoms with Crippen molar-refractivity contribution in [2.24, 2.45) is 0 Å². The third kappa shape index (κ3) is 2.96. The number of hydrogen-bond donors (Lipinski definition) is 0. The lowest BCUT2D eigenvalue weighted by Gasteiger charge is -2.08. The predicted octanol–water partition coefficient (Wildman–Crippen LogP) is 2.90. The number of aromatic nitrogens is 1. The number of fused-ring (bicyclic) bond motifs is 1. The molecule has 0 saturated carbocycles. The summed E-state index contributed by atoms with van der Waals surface area (Å²) < 4.78 is 22.7. The summed E-state index contributed by atoms with van der Waals surface area (Å²) in [5.74, 6) is 1.29. The average Bonchev–Trinajstić information content (AvgIpc) is 3.25. The maximum Gasteiger partial charge on any atom is 0.373 e. The quantitative estimate of drug-likeness (QED) is 0.506. The number of ether oxygens (including phenoxy) is 3. The molecule has 0 aliphatic heterocycles. The minimum absolute atomic E-state index is 0.125. The van der Waals surface area contributed by atoms with E-state index in [9.17, 15) is 9.59 Å². The molecule has 7 heteroatoms. The molecule has 0 unspecified atom stereocenters. The molecule has 0 radical (unpaired) electrons. The number of carbonyl (C=O) groups excluding carboxylic acids is 2. The fourth-order valence-electron chi connectivity index (χ4n) is 2.73. The van der Waals surface area contributed by atoms with E-state index in [0.717, 1.165) is 11.8 Å². The lowest BCUT2D eigenvalue weighted by atomic mass is 10.1. The largest absolute Gasteiger partial charge is 0.497 e. The van der Waals surface area contributed by atoms with E-state index >= 15 is 0 Å². The van der Waals surface area contributed by atoms with Crippen molar-refractivity contribution in [2.75, 3.05) is 21.3 Å². The number of methoxy groups -OCH3 is 3. The fraction of sp³-hybridized carbons (Fsp3) is 0.222. The van der Waals surface area contributed by atoms with Crippen LogP contribution in [0.3, 0.4) is 0 Å². The first kappa shape index (κ1) is 16.6. The summed E-state index contributed by atoms with van der Waals surface area (Å²) >= 11 is 0. The second kappa shape index (κ2) is 6.72. The van der Waals surface area contributed by atoms with E-state index in [1.807, 2.05) is 10.6 Å². The molecule has 1 aromatic carbocycles. The highest BCUT2D eigenvalue weighted by atomic mass is 16.5. The van der Waals surface area contributed by atoms with Crippen LogP contribution in [0.4, 0.5) is 0 Å². The smallest absolute Gasteiger partial charge is 0.373 e. The Labute approximate surface area is 143 Å². The van der Waals surface area contributed by atoms with Gasteiger partial charge in [0, 0.05) is 23.9 Å². The van der Waals surface area contributed by atoms with Gasteiger partial charge in [0.1, 0.15) is 17.3 Å². The van der Waals surface area contributed by atoms with Crippen molar-refractivity contribution < 1.29 is 28.2 Å². The number of benzene rings is 1. The zero-order chi connectivity index (χ0) is 18.0. The van der Waals surface area contributed by atoms with E-state index < -0.39 is 5.97 Å². The summed E-state index contributed by atoms with van der Waals surface area (Å²) in [5.41, 5.74) is 1.25. The molecule has 7 nitrogen and oxygen atoms in total. The molecule has 0 fully saturated rings. The number of hydrogen-bond acceptors (Lipinski definition) is 6. The van der Waals surface area contributed by atoms with Crippen molar-refractivity contribution in [3.05, 3.63) is 47.5 Å². The van der Waals surface area contributed by atoms with Gasteiger partial charge in [0.2, 0.25) is 5.76 Å². The van der Waals surface area contributed by atoms with Gasteiger partial charge in [0.15, 0.2) is 6.29 Å². The molecule has 25 heavy (non-hydrogen) atoms. The number of nitrogens with zero attached hydrogens (tertiary/aromatic N) is 1. The van der Waals surface area contributed by atoms with Gasteiger partial charge < -0.3 is 23.2 Å². The molecular formula is C18H17NO6. The Bertz CT molecular complexity index is 937. The molecule has 0 aliphatic rings. The van der Waals surface area contributed by atoms with Gasteiger partial charge in [-0.3, -0.25) is 4.79 Å². The normalized spacial score (nSPS) is 10.7. The molecule has 0 aliphatic carbocycles. The summed E-state index contributed by atoms with van der Waals surface area (Å²) in [7, 11) is 4.39. The van der Waals surface area contributed by atoms with Crippen molar-refractivity contribution in [2.45, 2.75) is 6.54 Å². The van der Waals surface area contributed by atoms with Gasteiger partial charge in [-0.15, -0.1) is 0 Å². The Morgan fingerprint density at radius 1 is 1.20 bits per heavy atom. The predicted molar refractivity (Wildman–Crippen MR) is 89.6 cm³/mol. The Kier molecular flexibility index (Phi) is 4.47. The van der Waals surface area contributed by atoms with Gasteiger partial charge in [-0.05, 0) is 12.1 Å². The molecule has 0 bridgehead atoms. The third-order valence-electron chi connectivity index (χ3n) is 3.90. The van der Waals surface area contributed by atoms with Crippen LogP contribution in [0.1, 0.15) is 26.7 Å². The van der Waals surface area contributed by atoms with E-state index in [1.54, 1.807) is 31.5 Å². The number of furan rings is 1. The van der Waals surface area contributed by atoms with E-state index in [2.05, 4.69) is 4.74 Å². The first-order chi connectivity index (χ1) is 12.1. The maximum atomic E-state index is 11.5. The van der Waals surface area contributed by atoms with Gasteiger partial charge in [-0.1, -0.05) is 0 Å². The van der Waals surface area contributed by atoms with Crippen LogP contribution in [0, 0.1) is 0 Å². The Hall–Kier alpha value is -3.22. The highest BCUT2D eigenvalue weighted by Crippen LogP contribution is 2.34. The highest BCUT2D eigenvalue weighted by Gasteiger charge is 2.17. The van der Waals surface area contributed by atoms with Gasteiger partial charge in [0.25, 0.3) is 0 Å². The SMILES string of the molecule is COC(=O)c1ccc(Cn2cc(C=O)c3c(OC)cc(OC)cc32)o1. The van der Waals surface area contributed by atoms with Crippen LogP contribution in [0.15, 0.2) is 34.9 Å². The third-order valence-corrected chi connectivity index (χ3v) is 3.90. The van der Waals surface area contributed by atoms with Crippen molar-refractivity contribution in [1.82, 2.24) is 4.57 Å². The average molecular weight is 343 g/mol.